The quantitative estimate of drug-likeness (QED) is 0.706. The maximum Gasteiger partial charge on any atom is 0.207 e. The van der Waals surface area contributed by atoms with E-state index in [0.717, 1.165) is 16.9 Å². The van der Waals surface area contributed by atoms with Crippen LogP contribution >= 0.6 is 22.6 Å². The highest BCUT2D eigenvalue weighted by atomic mass is 127. The molecule has 0 amide bonds. The molecule has 5 heteroatoms. The van der Waals surface area contributed by atoms with Crippen LogP contribution < -0.4 is 5.32 Å². The van der Waals surface area contributed by atoms with Crippen LogP contribution in [0.4, 0.5) is 11.6 Å². The van der Waals surface area contributed by atoms with Crippen LogP contribution in [0.15, 0.2) is 42.6 Å². The molecule has 1 aromatic carbocycles. The van der Waals surface area contributed by atoms with Gasteiger partial charge in [-0.05, 0) is 59.0 Å². The summed E-state index contributed by atoms with van der Waals surface area (Å²) in [4.78, 5) is 11.7. The summed E-state index contributed by atoms with van der Waals surface area (Å²) in [5.74, 6) is 0.708. The first kappa shape index (κ1) is 10.5. The lowest BCUT2D eigenvalue weighted by molar-refractivity contribution is 1.28. The third-order valence-electron chi connectivity index (χ3n) is 2.36. The fraction of sp³-hybridized carbons (Fsp3) is 0. The van der Waals surface area contributed by atoms with Gasteiger partial charge in [-0.2, -0.15) is 4.98 Å². The van der Waals surface area contributed by atoms with Gasteiger partial charge in [0.15, 0.2) is 5.65 Å². The minimum Gasteiger partial charge on any atom is -0.326 e. The Morgan fingerprint density at radius 2 is 1.94 bits per heavy atom. The second kappa shape index (κ2) is 4.33. The van der Waals surface area contributed by atoms with Gasteiger partial charge in [-0.25, -0.2) is 4.98 Å². The molecule has 0 aliphatic carbocycles. The molecule has 3 rings (SSSR count). The lowest BCUT2D eigenvalue weighted by Gasteiger charge is -2.01. The second-order valence-corrected chi connectivity index (χ2v) is 4.84. The van der Waals surface area contributed by atoms with Crippen LogP contribution in [0.1, 0.15) is 0 Å². The van der Waals surface area contributed by atoms with Gasteiger partial charge in [0.05, 0.1) is 5.52 Å². The number of halogens is 1. The predicted molar refractivity (Wildman–Crippen MR) is 76.3 cm³/mol. The number of nitrogens with zero attached hydrogens (tertiary/aromatic N) is 2. The van der Waals surface area contributed by atoms with Crippen molar-refractivity contribution in [1.29, 1.82) is 0 Å². The fourth-order valence-corrected chi connectivity index (χ4v) is 1.93. The highest BCUT2D eigenvalue weighted by molar-refractivity contribution is 14.1. The van der Waals surface area contributed by atoms with Crippen LogP contribution in [0, 0.1) is 3.57 Å². The Morgan fingerprint density at radius 1 is 1.12 bits per heavy atom. The molecule has 0 radical (unpaired) electrons. The summed E-state index contributed by atoms with van der Waals surface area (Å²) in [7, 11) is 0. The Bertz CT molecular complexity index is 612. The van der Waals surface area contributed by atoms with Crippen LogP contribution in [0.5, 0.6) is 0 Å². The number of anilines is 2. The van der Waals surface area contributed by atoms with Gasteiger partial charge in [-0.3, -0.25) is 0 Å². The predicted octanol–water partition coefficient (Wildman–Crippen LogP) is 3.31. The molecule has 0 saturated heterocycles. The molecule has 17 heavy (non-hydrogen) atoms. The average Bonchev–Trinajstić information content (AvgIpc) is 2.74. The second-order valence-electron chi connectivity index (χ2n) is 3.59. The van der Waals surface area contributed by atoms with Crippen molar-refractivity contribution < 1.29 is 0 Å². The number of hydrogen-bond donors (Lipinski definition) is 2. The Morgan fingerprint density at radius 3 is 2.71 bits per heavy atom. The monoisotopic (exact) mass is 336 g/mol. The summed E-state index contributed by atoms with van der Waals surface area (Å²) in [5.41, 5.74) is 2.66. The van der Waals surface area contributed by atoms with Gasteiger partial charge in [0.2, 0.25) is 5.95 Å². The number of H-pyrrole nitrogens is 1. The largest absolute Gasteiger partial charge is 0.326 e. The molecule has 2 aromatic heterocycles. The number of imidazole rings is 1. The molecule has 2 heterocycles. The number of nitrogens with one attached hydrogen (secondary N) is 2. The highest BCUT2D eigenvalue weighted by Crippen LogP contribution is 2.17. The Kier molecular flexibility index (Phi) is 2.68. The molecule has 3 aromatic rings. The van der Waals surface area contributed by atoms with Gasteiger partial charge >= 0.3 is 0 Å². The van der Waals surface area contributed by atoms with E-state index < -0.39 is 0 Å². The molecule has 0 fully saturated rings. The third kappa shape index (κ3) is 2.23. The van der Waals surface area contributed by atoms with Crippen molar-refractivity contribution in [2.75, 3.05) is 5.32 Å². The molecule has 84 valence electrons. The van der Waals surface area contributed by atoms with Crippen LogP contribution in [-0.2, 0) is 0 Å². The van der Waals surface area contributed by atoms with Crippen molar-refractivity contribution in [3.63, 3.8) is 0 Å². The van der Waals surface area contributed by atoms with Crippen LogP contribution in [0.2, 0.25) is 0 Å². The number of aromatic nitrogens is 3. The van der Waals surface area contributed by atoms with Crippen molar-refractivity contribution in [2.45, 2.75) is 0 Å². The lowest BCUT2D eigenvalue weighted by atomic mass is 10.3. The van der Waals surface area contributed by atoms with E-state index in [2.05, 4.69) is 42.9 Å². The smallest absolute Gasteiger partial charge is 0.207 e. The van der Waals surface area contributed by atoms with Gasteiger partial charge in [-0.15, -0.1) is 0 Å². The van der Waals surface area contributed by atoms with E-state index in [1.54, 1.807) is 6.20 Å². The molecule has 2 N–H and O–H groups in total. The number of hydrogen-bond acceptors (Lipinski definition) is 3. The van der Waals surface area contributed by atoms with E-state index >= 15 is 0 Å². The highest BCUT2D eigenvalue weighted by Gasteiger charge is 2.02. The first-order valence-corrected chi connectivity index (χ1v) is 6.22. The third-order valence-corrected chi connectivity index (χ3v) is 3.08. The van der Waals surface area contributed by atoms with Gasteiger partial charge in [0, 0.05) is 15.5 Å². The molecule has 0 spiro atoms. The average molecular weight is 336 g/mol. The van der Waals surface area contributed by atoms with E-state index in [4.69, 9.17) is 0 Å². The minimum atomic E-state index is 0.708. The van der Waals surface area contributed by atoms with E-state index in [9.17, 15) is 0 Å². The summed E-state index contributed by atoms with van der Waals surface area (Å²) >= 11 is 2.28. The van der Waals surface area contributed by atoms with Crippen LogP contribution in [0.3, 0.4) is 0 Å². The Balaban J connectivity index is 1.92. The first-order chi connectivity index (χ1) is 8.31. The topological polar surface area (TPSA) is 53.6 Å². The first-order valence-electron chi connectivity index (χ1n) is 5.14. The number of rotatable bonds is 2. The van der Waals surface area contributed by atoms with Crippen molar-refractivity contribution >= 4 is 45.4 Å². The number of benzene rings is 1. The van der Waals surface area contributed by atoms with Crippen molar-refractivity contribution in [1.82, 2.24) is 15.0 Å². The summed E-state index contributed by atoms with van der Waals surface area (Å²) in [6.07, 6.45) is 1.73. The normalized spacial score (nSPS) is 10.6. The summed E-state index contributed by atoms with van der Waals surface area (Å²) < 4.78 is 1.21. The number of aromatic amines is 1. The molecule has 0 unspecified atom stereocenters. The van der Waals surface area contributed by atoms with Crippen molar-refractivity contribution in [3.05, 3.63) is 46.2 Å². The minimum absolute atomic E-state index is 0.708. The van der Waals surface area contributed by atoms with E-state index in [0.29, 0.717) is 5.95 Å². The molecular formula is C12H9IN4. The van der Waals surface area contributed by atoms with Crippen molar-refractivity contribution in [2.24, 2.45) is 0 Å². The Labute approximate surface area is 112 Å². The van der Waals surface area contributed by atoms with Crippen molar-refractivity contribution in [3.8, 4) is 0 Å². The maximum atomic E-state index is 4.35. The van der Waals surface area contributed by atoms with Gasteiger partial charge in [0.1, 0.15) is 0 Å². The zero-order valence-corrected chi connectivity index (χ0v) is 11.0. The number of pyridine rings is 1. The van der Waals surface area contributed by atoms with Crippen LogP contribution in [-0.4, -0.2) is 15.0 Å². The van der Waals surface area contributed by atoms with E-state index in [1.165, 1.54) is 3.57 Å². The molecular weight excluding hydrogens is 327 g/mol. The molecule has 0 bridgehead atoms. The van der Waals surface area contributed by atoms with E-state index in [-0.39, 0.29) is 0 Å². The van der Waals surface area contributed by atoms with Gasteiger partial charge in [0.25, 0.3) is 0 Å². The zero-order chi connectivity index (χ0) is 11.7. The molecule has 0 aliphatic rings. The molecule has 0 aliphatic heterocycles. The SMILES string of the molecule is Ic1ccc(Nc2nc3ncccc3[nH]2)cc1. The van der Waals surface area contributed by atoms with Crippen LogP contribution in [0.25, 0.3) is 11.2 Å². The number of fused-ring (bicyclic) bond motifs is 1. The molecule has 0 saturated carbocycles. The van der Waals surface area contributed by atoms with Gasteiger partial charge in [-0.1, -0.05) is 0 Å². The Hall–Kier alpha value is -1.63. The zero-order valence-electron chi connectivity index (χ0n) is 8.81. The standard InChI is InChI=1S/C12H9IN4/c13-8-3-5-9(6-4-8)15-12-16-10-2-1-7-14-11(10)17-12/h1-7H,(H2,14,15,16,17). The fourth-order valence-electron chi connectivity index (χ4n) is 1.57. The molecule has 4 nitrogen and oxygen atoms in total. The lowest BCUT2D eigenvalue weighted by Crippen LogP contribution is -1.91. The summed E-state index contributed by atoms with van der Waals surface area (Å²) in [5, 5.41) is 3.21. The molecule has 0 atom stereocenters. The maximum absolute atomic E-state index is 4.35. The van der Waals surface area contributed by atoms with Gasteiger partial charge < -0.3 is 10.3 Å². The van der Waals surface area contributed by atoms with E-state index in [1.807, 2.05) is 36.4 Å². The summed E-state index contributed by atoms with van der Waals surface area (Å²) in [6.45, 7) is 0. The summed E-state index contributed by atoms with van der Waals surface area (Å²) in [6, 6.07) is 12.0.